The molecule has 0 unspecified atom stereocenters. The fourth-order valence-electron chi connectivity index (χ4n) is 3.32. The van der Waals surface area contributed by atoms with Crippen molar-refractivity contribution in [2.45, 2.75) is 13.5 Å². The van der Waals surface area contributed by atoms with Crippen molar-refractivity contribution in [2.75, 3.05) is 42.9 Å². The summed E-state index contributed by atoms with van der Waals surface area (Å²) >= 11 is 0. The van der Waals surface area contributed by atoms with Crippen molar-refractivity contribution < 1.29 is 9.59 Å². The Morgan fingerprint density at radius 3 is 2.32 bits per heavy atom. The Morgan fingerprint density at radius 1 is 1.00 bits per heavy atom. The number of nitrogens with one attached hydrogen (secondary N) is 2. The van der Waals surface area contributed by atoms with Crippen LogP contribution in [0.25, 0.3) is 0 Å². The number of piperazine rings is 1. The number of carbonyl (C=O) groups excluding carboxylic acids is 2. The summed E-state index contributed by atoms with van der Waals surface area (Å²) in [6.07, 6.45) is 0. The molecule has 0 saturated carbocycles. The maximum absolute atomic E-state index is 12.7. The molecule has 2 aromatic rings. The molecular weight excluding hydrogens is 354 g/mol. The van der Waals surface area contributed by atoms with E-state index in [1.54, 1.807) is 24.3 Å². The molecule has 1 saturated heterocycles. The number of para-hydroxylation sites is 2. The number of nitrogens with zero attached hydrogens (tertiary/aromatic N) is 2. The molecule has 4 N–H and O–H groups in total. The average molecular weight is 381 g/mol. The maximum atomic E-state index is 12.7. The lowest BCUT2D eigenvalue weighted by molar-refractivity contribution is 0.102. The van der Waals surface area contributed by atoms with E-state index in [1.165, 1.54) is 0 Å². The number of carbonyl (C=O) groups is 2. The molecule has 148 valence electrons. The molecule has 2 aromatic carbocycles. The summed E-state index contributed by atoms with van der Waals surface area (Å²) in [5.74, 6) is -0.158. The van der Waals surface area contributed by atoms with Gasteiger partial charge in [0.2, 0.25) is 0 Å². The lowest BCUT2D eigenvalue weighted by Crippen LogP contribution is -2.46. The third-order valence-corrected chi connectivity index (χ3v) is 5.00. The van der Waals surface area contributed by atoms with Crippen LogP contribution >= 0.6 is 0 Å². The molecule has 0 atom stereocenters. The van der Waals surface area contributed by atoms with E-state index in [0.717, 1.165) is 49.7 Å². The highest BCUT2D eigenvalue weighted by Gasteiger charge is 2.19. The normalized spacial score (nSPS) is 14.5. The van der Waals surface area contributed by atoms with Crippen LogP contribution in [0.3, 0.4) is 0 Å². The lowest BCUT2D eigenvalue weighted by Gasteiger charge is -2.36. The summed E-state index contributed by atoms with van der Waals surface area (Å²) in [5.41, 5.74) is 8.38. The monoisotopic (exact) mass is 381 g/mol. The molecule has 0 radical (unpaired) electrons. The Balaban J connectivity index is 1.67. The van der Waals surface area contributed by atoms with Gasteiger partial charge in [0.15, 0.2) is 0 Å². The van der Waals surface area contributed by atoms with Crippen LogP contribution in [-0.2, 0) is 6.54 Å². The zero-order valence-electron chi connectivity index (χ0n) is 16.1. The Labute approximate surface area is 165 Å². The molecule has 0 spiro atoms. The third kappa shape index (κ3) is 5.01. The number of benzene rings is 2. The Kier molecular flexibility index (Phi) is 6.49. The van der Waals surface area contributed by atoms with Gasteiger partial charge in [0.25, 0.3) is 5.91 Å². The van der Waals surface area contributed by atoms with Crippen LogP contribution in [0.5, 0.6) is 0 Å². The van der Waals surface area contributed by atoms with E-state index in [0.29, 0.717) is 12.1 Å². The highest BCUT2D eigenvalue weighted by molar-refractivity contribution is 6.06. The van der Waals surface area contributed by atoms with Gasteiger partial charge in [-0.1, -0.05) is 31.2 Å². The highest BCUT2D eigenvalue weighted by atomic mass is 16.2. The number of likely N-dealkylation sites (N-methyl/N-ethyl adjacent to an activating group) is 1. The quantitative estimate of drug-likeness (QED) is 0.716. The fraction of sp³-hybridized carbons (Fsp3) is 0.333. The van der Waals surface area contributed by atoms with Gasteiger partial charge in [0.05, 0.1) is 11.4 Å². The topological polar surface area (TPSA) is 90.7 Å². The van der Waals surface area contributed by atoms with Crippen LogP contribution in [0.2, 0.25) is 0 Å². The minimum Gasteiger partial charge on any atom is -0.367 e. The molecule has 0 aromatic heterocycles. The largest absolute Gasteiger partial charge is 0.367 e. The molecular formula is C21H27N5O2. The van der Waals surface area contributed by atoms with E-state index in [1.807, 2.05) is 18.2 Å². The predicted octanol–water partition coefficient (Wildman–Crippen LogP) is 2.25. The number of hydrogen-bond acceptors (Lipinski definition) is 4. The Bertz CT molecular complexity index is 814. The fourth-order valence-corrected chi connectivity index (χ4v) is 3.32. The van der Waals surface area contributed by atoms with Crippen molar-refractivity contribution in [2.24, 2.45) is 5.73 Å². The van der Waals surface area contributed by atoms with Crippen molar-refractivity contribution in [3.63, 3.8) is 0 Å². The minimum atomic E-state index is -0.571. The first-order valence-corrected chi connectivity index (χ1v) is 9.56. The van der Waals surface area contributed by atoms with Crippen molar-refractivity contribution in [3.8, 4) is 0 Å². The van der Waals surface area contributed by atoms with E-state index in [-0.39, 0.29) is 5.91 Å². The van der Waals surface area contributed by atoms with Gasteiger partial charge in [0, 0.05) is 38.3 Å². The lowest BCUT2D eigenvalue weighted by atomic mass is 10.1. The van der Waals surface area contributed by atoms with Gasteiger partial charge in [-0.05, 0) is 36.4 Å². The molecule has 0 bridgehead atoms. The maximum Gasteiger partial charge on any atom is 0.312 e. The summed E-state index contributed by atoms with van der Waals surface area (Å²) in [7, 11) is 0. The van der Waals surface area contributed by atoms with E-state index in [2.05, 4.69) is 33.4 Å². The predicted molar refractivity (Wildman–Crippen MR) is 112 cm³/mol. The molecule has 1 heterocycles. The van der Waals surface area contributed by atoms with Gasteiger partial charge < -0.3 is 26.2 Å². The summed E-state index contributed by atoms with van der Waals surface area (Å²) in [6, 6.07) is 14.4. The Morgan fingerprint density at radius 2 is 1.68 bits per heavy atom. The number of urea groups is 1. The van der Waals surface area contributed by atoms with Crippen LogP contribution in [0.15, 0.2) is 48.5 Å². The summed E-state index contributed by atoms with van der Waals surface area (Å²) in [5, 5.41) is 5.57. The number of hydrogen-bond donors (Lipinski definition) is 3. The van der Waals surface area contributed by atoms with Crippen LogP contribution in [-0.4, -0.2) is 49.6 Å². The highest BCUT2D eigenvalue weighted by Crippen LogP contribution is 2.27. The average Bonchev–Trinajstić information content (AvgIpc) is 2.73. The zero-order chi connectivity index (χ0) is 19.9. The molecule has 7 nitrogen and oxygen atoms in total. The van der Waals surface area contributed by atoms with Gasteiger partial charge >= 0.3 is 6.03 Å². The summed E-state index contributed by atoms with van der Waals surface area (Å²) in [6.45, 7) is 7.53. The van der Waals surface area contributed by atoms with E-state index < -0.39 is 6.03 Å². The number of anilines is 2. The standard InChI is InChI=1S/C21H27N5O2/c1-2-25-11-13-26(14-12-25)19-6-4-3-5-18(19)24-20(27)17-9-7-16(8-10-17)15-23-21(22)28/h3-10H,2,11-15H2,1H3,(H,24,27)(H3,22,23,28). The second-order valence-electron chi connectivity index (χ2n) is 6.81. The second kappa shape index (κ2) is 9.23. The molecule has 3 rings (SSSR count). The zero-order valence-corrected chi connectivity index (χ0v) is 16.1. The molecule has 1 fully saturated rings. The van der Waals surface area contributed by atoms with E-state index >= 15 is 0 Å². The molecule has 1 aliphatic heterocycles. The number of primary amides is 1. The van der Waals surface area contributed by atoms with Crippen LogP contribution in [0, 0.1) is 0 Å². The molecule has 28 heavy (non-hydrogen) atoms. The van der Waals surface area contributed by atoms with Crippen LogP contribution < -0.4 is 21.3 Å². The van der Waals surface area contributed by atoms with E-state index in [9.17, 15) is 9.59 Å². The van der Waals surface area contributed by atoms with Gasteiger partial charge in [-0.3, -0.25) is 4.79 Å². The minimum absolute atomic E-state index is 0.158. The SMILES string of the molecule is CCN1CCN(c2ccccc2NC(=O)c2ccc(CNC(N)=O)cc2)CC1. The number of rotatable bonds is 6. The number of nitrogens with two attached hydrogens (primary N) is 1. The molecule has 1 aliphatic rings. The van der Waals surface area contributed by atoms with Crippen molar-refractivity contribution in [1.82, 2.24) is 10.2 Å². The molecule has 7 heteroatoms. The van der Waals surface area contributed by atoms with Crippen LogP contribution in [0.4, 0.5) is 16.2 Å². The van der Waals surface area contributed by atoms with Crippen molar-refractivity contribution >= 4 is 23.3 Å². The van der Waals surface area contributed by atoms with Gasteiger partial charge in [0.1, 0.15) is 0 Å². The third-order valence-electron chi connectivity index (χ3n) is 5.00. The van der Waals surface area contributed by atoms with Crippen LogP contribution in [0.1, 0.15) is 22.8 Å². The molecule has 3 amide bonds. The first kappa shape index (κ1) is 19.7. The first-order valence-electron chi connectivity index (χ1n) is 9.56. The first-order chi connectivity index (χ1) is 13.6. The number of amides is 3. The summed E-state index contributed by atoms with van der Waals surface area (Å²) in [4.78, 5) is 28.2. The smallest absolute Gasteiger partial charge is 0.312 e. The van der Waals surface area contributed by atoms with Gasteiger partial charge in [-0.2, -0.15) is 0 Å². The van der Waals surface area contributed by atoms with Crippen molar-refractivity contribution in [3.05, 3.63) is 59.7 Å². The van der Waals surface area contributed by atoms with Crippen molar-refractivity contribution in [1.29, 1.82) is 0 Å². The molecule has 0 aliphatic carbocycles. The van der Waals surface area contributed by atoms with Gasteiger partial charge in [-0.25, -0.2) is 4.79 Å². The summed E-state index contributed by atoms with van der Waals surface area (Å²) < 4.78 is 0. The van der Waals surface area contributed by atoms with E-state index in [4.69, 9.17) is 5.73 Å². The Hall–Kier alpha value is -3.06. The second-order valence-corrected chi connectivity index (χ2v) is 6.81. The van der Waals surface area contributed by atoms with Gasteiger partial charge in [-0.15, -0.1) is 0 Å².